The summed E-state index contributed by atoms with van der Waals surface area (Å²) in [6.07, 6.45) is 2.63. The fourth-order valence-corrected chi connectivity index (χ4v) is 3.35. The molecule has 2 aromatic rings. The van der Waals surface area contributed by atoms with Gasteiger partial charge in [0.2, 0.25) is 0 Å². The molecule has 2 heterocycles. The maximum Gasteiger partial charge on any atom is 0.0703 e. The number of benzene rings is 1. The van der Waals surface area contributed by atoms with Gasteiger partial charge in [0.1, 0.15) is 0 Å². The summed E-state index contributed by atoms with van der Waals surface area (Å²) in [6.45, 7) is 2.86. The highest BCUT2D eigenvalue weighted by Gasteiger charge is 2.14. The quantitative estimate of drug-likeness (QED) is 0.900. The number of nitrogens with one attached hydrogen (secondary N) is 1. The second-order valence-electron chi connectivity index (χ2n) is 4.49. The highest BCUT2D eigenvalue weighted by Crippen LogP contribution is 2.27. The van der Waals surface area contributed by atoms with E-state index in [4.69, 9.17) is 4.74 Å². The van der Waals surface area contributed by atoms with Gasteiger partial charge in [-0.2, -0.15) is 0 Å². The SMILES string of the molecule is c1ccc2c(CCC3CNCCO3)csc2c1. The molecule has 2 nitrogen and oxygen atoms in total. The third kappa shape index (κ3) is 2.51. The summed E-state index contributed by atoms with van der Waals surface area (Å²) in [5, 5.41) is 7.09. The number of thiophene rings is 1. The van der Waals surface area contributed by atoms with Crippen LogP contribution in [-0.2, 0) is 11.2 Å². The Morgan fingerprint density at radius 3 is 3.18 bits per heavy atom. The molecule has 1 saturated heterocycles. The van der Waals surface area contributed by atoms with Gasteiger partial charge in [0, 0.05) is 17.8 Å². The van der Waals surface area contributed by atoms with Crippen molar-refractivity contribution < 1.29 is 4.74 Å². The van der Waals surface area contributed by atoms with Gasteiger partial charge in [-0.3, -0.25) is 0 Å². The number of aryl methyl sites for hydroxylation is 1. The first-order chi connectivity index (χ1) is 8.43. The van der Waals surface area contributed by atoms with Crippen LogP contribution >= 0.6 is 11.3 Å². The monoisotopic (exact) mass is 247 g/mol. The zero-order valence-electron chi connectivity index (χ0n) is 9.82. The van der Waals surface area contributed by atoms with E-state index >= 15 is 0 Å². The summed E-state index contributed by atoms with van der Waals surface area (Å²) in [7, 11) is 0. The highest BCUT2D eigenvalue weighted by atomic mass is 32.1. The van der Waals surface area contributed by atoms with E-state index in [1.807, 2.05) is 11.3 Å². The zero-order chi connectivity index (χ0) is 11.5. The van der Waals surface area contributed by atoms with Gasteiger partial charge >= 0.3 is 0 Å². The lowest BCUT2D eigenvalue weighted by Crippen LogP contribution is -2.38. The molecular weight excluding hydrogens is 230 g/mol. The summed E-state index contributed by atoms with van der Waals surface area (Å²) >= 11 is 1.84. The summed E-state index contributed by atoms with van der Waals surface area (Å²) in [4.78, 5) is 0. The third-order valence-corrected chi connectivity index (χ3v) is 4.31. The zero-order valence-corrected chi connectivity index (χ0v) is 10.6. The van der Waals surface area contributed by atoms with Crippen LogP contribution in [0.1, 0.15) is 12.0 Å². The van der Waals surface area contributed by atoms with Crippen LogP contribution in [0, 0.1) is 0 Å². The second kappa shape index (κ2) is 5.17. The van der Waals surface area contributed by atoms with E-state index in [0.29, 0.717) is 6.10 Å². The van der Waals surface area contributed by atoms with Crippen molar-refractivity contribution in [3.05, 3.63) is 35.2 Å². The number of morpholine rings is 1. The van der Waals surface area contributed by atoms with Crippen molar-refractivity contribution in [3.63, 3.8) is 0 Å². The first-order valence-electron chi connectivity index (χ1n) is 6.21. The molecule has 1 N–H and O–H groups in total. The van der Waals surface area contributed by atoms with E-state index in [9.17, 15) is 0 Å². The third-order valence-electron chi connectivity index (χ3n) is 3.30. The van der Waals surface area contributed by atoms with Crippen molar-refractivity contribution in [2.45, 2.75) is 18.9 Å². The minimum atomic E-state index is 0.391. The number of ether oxygens (including phenoxy) is 1. The predicted octanol–water partition coefficient (Wildman–Crippen LogP) is 2.82. The van der Waals surface area contributed by atoms with Gasteiger partial charge in [0.05, 0.1) is 12.7 Å². The minimum Gasteiger partial charge on any atom is -0.376 e. The van der Waals surface area contributed by atoms with E-state index in [1.54, 1.807) is 0 Å². The second-order valence-corrected chi connectivity index (χ2v) is 5.40. The first-order valence-corrected chi connectivity index (χ1v) is 7.09. The number of hydrogen-bond donors (Lipinski definition) is 1. The van der Waals surface area contributed by atoms with Crippen LogP contribution in [0.2, 0.25) is 0 Å². The van der Waals surface area contributed by atoms with Gasteiger partial charge in [-0.15, -0.1) is 11.3 Å². The first kappa shape index (κ1) is 11.2. The molecule has 1 aromatic carbocycles. The maximum atomic E-state index is 5.73. The molecule has 0 aliphatic carbocycles. The Hall–Kier alpha value is -0.900. The fourth-order valence-electron chi connectivity index (χ4n) is 2.35. The lowest BCUT2D eigenvalue weighted by atomic mass is 10.1. The van der Waals surface area contributed by atoms with Crippen LogP contribution < -0.4 is 5.32 Å². The normalized spacial score (nSPS) is 20.8. The topological polar surface area (TPSA) is 21.3 Å². The van der Waals surface area contributed by atoms with E-state index < -0.39 is 0 Å². The number of fused-ring (bicyclic) bond motifs is 1. The van der Waals surface area contributed by atoms with Gasteiger partial charge < -0.3 is 10.1 Å². The molecule has 0 spiro atoms. The van der Waals surface area contributed by atoms with E-state index in [0.717, 1.165) is 32.5 Å². The van der Waals surface area contributed by atoms with Crippen molar-refractivity contribution in [2.75, 3.05) is 19.7 Å². The molecule has 1 aliphatic heterocycles. The number of rotatable bonds is 3. The molecule has 3 rings (SSSR count). The predicted molar refractivity (Wildman–Crippen MR) is 72.8 cm³/mol. The number of hydrogen-bond acceptors (Lipinski definition) is 3. The molecule has 0 radical (unpaired) electrons. The van der Waals surface area contributed by atoms with Crippen molar-refractivity contribution in [1.29, 1.82) is 0 Å². The summed E-state index contributed by atoms with van der Waals surface area (Å²) in [5.74, 6) is 0. The standard InChI is InChI=1S/C14H17NOS/c1-2-4-14-13(3-1)11(10-17-14)5-6-12-9-15-7-8-16-12/h1-4,10,12,15H,5-9H2. The average Bonchev–Trinajstić information content (AvgIpc) is 2.81. The van der Waals surface area contributed by atoms with Crippen LogP contribution in [0.15, 0.2) is 29.6 Å². The lowest BCUT2D eigenvalue weighted by molar-refractivity contribution is 0.0239. The molecule has 0 bridgehead atoms. The van der Waals surface area contributed by atoms with Crippen molar-refractivity contribution in [2.24, 2.45) is 0 Å². The van der Waals surface area contributed by atoms with E-state index in [1.165, 1.54) is 15.6 Å². The van der Waals surface area contributed by atoms with Crippen LogP contribution in [0.3, 0.4) is 0 Å². The van der Waals surface area contributed by atoms with E-state index in [2.05, 4.69) is 35.0 Å². The van der Waals surface area contributed by atoms with Gasteiger partial charge in [0.15, 0.2) is 0 Å². The molecule has 1 fully saturated rings. The Morgan fingerprint density at radius 1 is 1.35 bits per heavy atom. The average molecular weight is 247 g/mol. The molecule has 1 aliphatic rings. The van der Waals surface area contributed by atoms with E-state index in [-0.39, 0.29) is 0 Å². The molecule has 17 heavy (non-hydrogen) atoms. The Bertz CT molecular complexity index is 488. The van der Waals surface area contributed by atoms with Crippen LogP contribution in [0.4, 0.5) is 0 Å². The Labute approximate surface area is 106 Å². The van der Waals surface area contributed by atoms with Crippen molar-refractivity contribution in [1.82, 2.24) is 5.32 Å². The molecule has 0 amide bonds. The van der Waals surface area contributed by atoms with Crippen molar-refractivity contribution >= 4 is 21.4 Å². The fraction of sp³-hybridized carbons (Fsp3) is 0.429. The molecular formula is C14H17NOS. The van der Waals surface area contributed by atoms with Gasteiger partial charge in [-0.25, -0.2) is 0 Å². The Kier molecular flexibility index (Phi) is 3.41. The summed E-state index contributed by atoms with van der Waals surface area (Å²) < 4.78 is 7.12. The van der Waals surface area contributed by atoms with Gasteiger partial charge in [0.25, 0.3) is 0 Å². The van der Waals surface area contributed by atoms with Crippen LogP contribution in [-0.4, -0.2) is 25.8 Å². The van der Waals surface area contributed by atoms with Crippen molar-refractivity contribution in [3.8, 4) is 0 Å². The van der Waals surface area contributed by atoms with Crippen LogP contribution in [0.25, 0.3) is 10.1 Å². The summed E-state index contributed by atoms with van der Waals surface area (Å²) in [6, 6.07) is 8.65. The highest BCUT2D eigenvalue weighted by molar-refractivity contribution is 7.17. The largest absolute Gasteiger partial charge is 0.376 e. The van der Waals surface area contributed by atoms with Crippen LogP contribution in [0.5, 0.6) is 0 Å². The molecule has 0 saturated carbocycles. The summed E-state index contributed by atoms with van der Waals surface area (Å²) in [5.41, 5.74) is 1.47. The maximum absolute atomic E-state index is 5.73. The Balaban J connectivity index is 1.68. The molecule has 1 aromatic heterocycles. The molecule has 90 valence electrons. The lowest BCUT2D eigenvalue weighted by Gasteiger charge is -2.23. The smallest absolute Gasteiger partial charge is 0.0703 e. The van der Waals surface area contributed by atoms with Gasteiger partial charge in [-0.05, 0) is 35.2 Å². The Morgan fingerprint density at radius 2 is 2.29 bits per heavy atom. The van der Waals surface area contributed by atoms with Gasteiger partial charge in [-0.1, -0.05) is 18.2 Å². The molecule has 3 heteroatoms. The molecule has 1 atom stereocenters. The molecule has 1 unspecified atom stereocenters. The minimum absolute atomic E-state index is 0.391.